The average Bonchev–Trinajstić information content (AvgIpc) is 2.91. The minimum atomic E-state index is -4.28. The highest BCUT2D eigenvalue weighted by atomic mass is 35.5. The van der Waals surface area contributed by atoms with E-state index >= 15 is 0 Å². The molecule has 39 heavy (non-hydrogen) atoms. The number of rotatable bonds is 11. The first kappa shape index (κ1) is 30.4. The van der Waals surface area contributed by atoms with Gasteiger partial charge in [0, 0.05) is 13.1 Å². The fourth-order valence-electron chi connectivity index (χ4n) is 3.74. The van der Waals surface area contributed by atoms with Crippen molar-refractivity contribution in [1.29, 1.82) is 0 Å². The highest BCUT2D eigenvalue weighted by Crippen LogP contribution is 2.35. The summed E-state index contributed by atoms with van der Waals surface area (Å²) in [6.45, 7) is 5.10. The van der Waals surface area contributed by atoms with Crippen molar-refractivity contribution in [2.45, 2.75) is 38.3 Å². The van der Waals surface area contributed by atoms with Gasteiger partial charge in [-0.25, -0.2) is 12.8 Å². The molecule has 0 aliphatic carbocycles. The standard InChI is InChI=1S/C28H30Cl2FN3O4S/c1-19(2)16-32-28(36)20(3)33(17-21-12-14-22(31)15-13-21)26(35)18-34(25-11-7-10-24(29)27(25)30)39(37,38)23-8-5-4-6-9-23/h4-15,19-20H,16-18H2,1-3H3,(H,32,36). The van der Waals surface area contributed by atoms with Gasteiger partial charge < -0.3 is 10.2 Å². The molecule has 1 N–H and O–H groups in total. The fraction of sp³-hybridized carbons (Fsp3) is 0.286. The molecular weight excluding hydrogens is 564 g/mol. The van der Waals surface area contributed by atoms with E-state index in [0.29, 0.717) is 12.1 Å². The second-order valence-corrected chi connectivity index (χ2v) is 12.0. The summed E-state index contributed by atoms with van der Waals surface area (Å²) in [7, 11) is -4.28. The van der Waals surface area contributed by atoms with Crippen LogP contribution in [0.5, 0.6) is 0 Å². The molecule has 11 heteroatoms. The van der Waals surface area contributed by atoms with E-state index in [9.17, 15) is 22.4 Å². The third-order valence-electron chi connectivity index (χ3n) is 5.93. The summed E-state index contributed by atoms with van der Waals surface area (Å²) in [4.78, 5) is 28.0. The maximum Gasteiger partial charge on any atom is 0.264 e. The molecule has 3 aromatic rings. The van der Waals surface area contributed by atoms with E-state index in [-0.39, 0.29) is 33.1 Å². The smallest absolute Gasteiger partial charge is 0.264 e. The molecule has 0 heterocycles. The number of carbonyl (C=O) groups excluding carboxylic acids is 2. The first-order valence-electron chi connectivity index (χ1n) is 12.2. The van der Waals surface area contributed by atoms with Crippen molar-refractivity contribution in [3.05, 3.63) is 94.2 Å². The predicted molar refractivity (Wildman–Crippen MR) is 152 cm³/mol. The lowest BCUT2D eigenvalue weighted by atomic mass is 10.1. The molecule has 3 rings (SSSR count). The number of benzene rings is 3. The van der Waals surface area contributed by atoms with Crippen LogP contribution in [0.1, 0.15) is 26.3 Å². The van der Waals surface area contributed by atoms with Crippen LogP contribution in [0, 0.1) is 11.7 Å². The number of hydrogen-bond donors (Lipinski definition) is 1. The van der Waals surface area contributed by atoms with Gasteiger partial charge in [0.05, 0.1) is 20.6 Å². The van der Waals surface area contributed by atoms with Gasteiger partial charge in [-0.05, 0) is 54.8 Å². The third-order valence-corrected chi connectivity index (χ3v) is 8.51. The van der Waals surface area contributed by atoms with Crippen molar-refractivity contribution >= 4 is 50.7 Å². The molecule has 0 saturated carbocycles. The van der Waals surface area contributed by atoms with Crippen LogP contribution < -0.4 is 9.62 Å². The Morgan fingerprint density at radius 3 is 2.18 bits per heavy atom. The zero-order valence-corrected chi connectivity index (χ0v) is 24.1. The van der Waals surface area contributed by atoms with Crippen LogP contribution in [-0.2, 0) is 26.2 Å². The van der Waals surface area contributed by atoms with E-state index in [1.807, 2.05) is 13.8 Å². The largest absolute Gasteiger partial charge is 0.354 e. The van der Waals surface area contributed by atoms with E-state index in [2.05, 4.69) is 5.32 Å². The van der Waals surface area contributed by atoms with Gasteiger partial charge in [-0.15, -0.1) is 0 Å². The Labute approximate surface area is 238 Å². The molecule has 0 saturated heterocycles. The van der Waals surface area contributed by atoms with Gasteiger partial charge in [0.1, 0.15) is 18.4 Å². The molecule has 0 aliphatic heterocycles. The summed E-state index contributed by atoms with van der Waals surface area (Å²) in [6.07, 6.45) is 0. The van der Waals surface area contributed by atoms with Crippen LogP contribution in [0.2, 0.25) is 10.0 Å². The zero-order valence-electron chi connectivity index (χ0n) is 21.8. The van der Waals surface area contributed by atoms with Gasteiger partial charge in [-0.3, -0.25) is 13.9 Å². The first-order valence-corrected chi connectivity index (χ1v) is 14.4. The van der Waals surface area contributed by atoms with Gasteiger partial charge in [0.15, 0.2) is 0 Å². The Kier molecular flexibility index (Phi) is 10.4. The molecule has 0 radical (unpaired) electrons. The maximum absolute atomic E-state index is 13.8. The lowest BCUT2D eigenvalue weighted by Crippen LogP contribution is -2.51. The van der Waals surface area contributed by atoms with Gasteiger partial charge in [0.25, 0.3) is 10.0 Å². The number of sulfonamides is 1. The molecule has 208 valence electrons. The predicted octanol–water partition coefficient (Wildman–Crippen LogP) is 5.52. The second kappa shape index (κ2) is 13.3. The van der Waals surface area contributed by atoms with Crippen molar-refractivity contribution in [2.75, 3.05) is 17.4 Å². The summed E-state index contributed by atoms with van der Waals surface area (Å²) < 4.78 is 41.9. The van der Waals surface area contributed by atoms with E-state index < -0.39 is 40.2 Å². The van der Waals surface area contributed by atoms with Crippen molar-refractivity contribution < 1.29 is 22.4 Å². The summed E-state index contributed by atoms with van der Waals surface area (Å²) in [6, 6.07) is 16.6. The molecule has 0 fully saturated rings. The van der Waals surface area contributed by atoms with E-state index in [1.165, 1.54) is 59.5 Å². The van der Waals surface area contributed by atoms with Crippen molar-refractivity contribution in [2.24, 2.45) is 5.92 Å². The number of nitrogens with one attached hydrogen (secondary N) is 1. The lowest BCUT2D eigenvalue weighted by molar-refractivity contribution is -0.139. The molecule has 2 amide bonds. The minimum Gasteiger partial charge on any atom is -0.354 e. The number of nitrogens with zero attached hydrogens (tertiary/aromatic N) is 2. The van der Waals surface area contributed by atoms with Crippen LogP contribution >= 0.6 is 23.2 Å². The van der Waals surface area contributed by atoms with Crippen molar-refractivity contribution in [1.82, 2.24) is 10.2 Å². The summed E-state index contributed by atoms with van der Waals surface area (Å²) in [5.41, 5.74) is 0.575. The number of halogens is 3. The molecule has 1 unspecified atom stereocenters. The van der Waals surface area contributed by atoms with Crippen LogP contribution in [0.3, 0.4) is 0 Å². The van der Waals surface area contributed by atoms with Crippen LogP contribution in [0.15, 0.2) is 77.7 Å². The molecule has 0 aliphatic rings. The fourth-order valence-corrected chi connectivity index (χ4v) is 5.63. The quantitative estimate of drug-likeness (QED) is 0.317. The second-order valence-electron chi connectivity index (χ2n) is 9.36. The number of carbonyl (C=O) groups is 2. The first-order chi connectivity index (χ1) is 18.4. The lowest BCUT2D eigenvalue weighted by Gasteiger charge is -2.32. The molecule has 0 bridgehead atoms. The Balaban J connectivity index is 2.04. The van der Waals surface area contributed by atoms with Gasteiger partial charge in [0.2, 0.25) is 11.8 Å². The molecule has 1 atom stereocenters. The number of amides is 2. The summed E-state index contributed by atoms with van der Waals surface area (Å²) in [5, 5.41) is 2.87. The van der Waals surface area contributed by atoms with Crippen molar-refractivity contribution in [3.63, 3.8) is 0 Å². The molecule has 0 aromatic heterocycles. The van der Waals surface area contributed by atoms with E-state index in [0.717, 1.165) is 4.31 Å². The number of anilines is 1. The van der Waals surface area contributed by atoms with E-state index in [4.69, 9.17) is 23.2 Å². The normalized spacial score (nSPS) is 12.2. The third kappa shape index (κ3) is 7.71. The molecule has 0 spiro atoms. The Morgan fingerprint density at radius 1 is 0.923 bits per heavy atom. The zero-order chi connectivity index (χ0) is 28.7. The average molecular weight is 595 g/mol. The van der Waals surface area contributed by atoms with E-state index in [1.54, 1.807) is 25.1 Å². The Hall–Kier alpha value is -3.14. The van der Waals surface area contributed by atoms with Gasteiger partial charge >= 0.3 is 0 Å². The molecular formula is C28H30Cl2FN3O4S. The SMILES string of the molecule is CC(C)CNC(=O)C(C)N(Cc1ccc(F)cc1)C(=O)CN(c1cccc(Cl)c1Cl)S(=O)(=O)c1ccccc1. The van der Waals surface area contributed by atoms with Crippen LogP contribution in [0.4, 0.5) is 10.1 Å². The van der Waals surface area contributed by atoms with Crippen LogP contribution in [-0.4, -0.2) is 44.3 Å². The topological polar surface area (TPSA) is 86.8 Å². The highest BCUT2D eigenvalue weighted by Gasteiger charge is 2.33. The summed E-state index contributed by atoms with van der Waals surface area (Å²) >= 11 is 12.6. The minimum absolute atomic E-state index is 0.0139. The summed E-state index contributed by atoms with van der Waals surface area (Å²) in [5.74, 6) is -1.34. The van der Waals surface area contributed by atoms with Gasteiger partial charge in [-0.2, -0.15) is 0 Å². The van der Waals surface area contributed by atoms with Gasteiger partial charge in [-0.1, -0.05) is 73.4 Å². The Bertz CT molecular complexity index is 1400. The molecule has 7 nitrogen and oxygen atoms in total. The monoisotopic (exact) mass is 593 g/mol. The molecule has 3 aromatic carbocycles. The Morgan fingerprint density at radius 2 is 1.56 bits per heavy atom. The highest BCUT2D eigenvalue weighted by molar-refractivity contribution is 7.92. The van der Waals surface area contributed by atoms with Crippen molar-refractivity contribution in [3.8, 4) is 0 Å². The van der Waals surface area contributed by atoms with Crippen LogP contribution in [0.25, 0.3) is 0 Å². The number of hydrogen-bond acceptors (Lipinski definition) is 4. The maximum atomic E-state index is 13.8.